The van der Waals surface area contributed by atoms with Crippen molar-refractivity contribution in [1.29, 1.82) is 0 Å². The highest BCUT2D eigenvalue weighted by Gasteiger charge is 2.31. The molecule has 0 bridgehead atoms. The number of rotatable bonds is 3. The first kappa shape index (κ1) is 20.1. The van der Waals surface area contributed by atoms with E-state index in [1.807, 2.05) is 0 Å². The maximum atomic E-state index is 13.4. The molecule has 0 aliphatic carbocycles. The number of benzene rings is 2. The van der Waals surface area contributed by atoms with Crippen LogP contribution in [0.3, 0.4) is 0 Å². The quantitative estimate of drug-likeness (QED) is 0.444. The average molecular weight is 413 g/mol. The Hall–Kier alpha value is -3.63. The molecule has 0 saturated carbocycles. The topological polar surface area (TPSA) is 83.2 Å². The van der Waals surface area contributed by atoms with Gasteiger partial charge in [0.05, 0.1) is 11.2 Å². The fourth-order valence-electron chi connectivity index (χ4n) is 2.55. The Balaban J connectivity index is 1.71. The third-order valence-electron chi connectivity index (χ3n) is 3.84. The molecule has 0 aliphatic rings. The molecular formula is C18H12F5N3O3. The van der Waals surface area contributed by atoms with Crippen molar-refractivity contribution in [3.8, 4) is 5.75 Å². The summed E-state index contributed by atoms with van der Waals surface area (Å²) in [6.45, 7) is 1.33. The van der Waals surface area contributed by atoms with Crippen molar-refractivity contribution in [3.05, 3.63) is 53.7 Å². The van der Waals surface area contributed by atoms with E-state index in [9.17, 15) is 31.5 Å². The summed E-state index contributed by atoms with van der Waals surface area (Å²) < 4.78 is 67.3. The van der Waals surface area contributed by atoms with E-state index in [2.05, 4.69) is 20.4 Å². The first-order valence-electron chi connectivity index (χ1n) is 7.98. The minimum absolute atomic E-state index is 0.0455. The number of halogens is 5. The number of fused-ring (bicyclic) bond motifs is 1. The molecule has 152 valence electrons. The first-order chi connectivity index (χ1) is 13.5. The highest BCUT2D eigenvalue weighted by Crippen LogP contribution is 2.28. The van der Waals surface area contributed by atoms with Gasteiger partial charge in [0.2, 0.25) is 0 Å². The molecule has 3 aromatic rings. The monoisotopic (exact) mass is 413 g/mol. The minimum Gasteiger partial charge on any atom is -0.406 e. The molecule has 1 aromatic heterocycles. The molecule has 0 atom stereocenters. The van der Waals surface area contributed by atoms with E-state index in [4.69, 9.17) is 0 Å². The molecule has 0 spiro atoms. The first-order valence-corrected chi connectivity index (χ1v) is 7.98. The van der Waals surface area contributed by atoms with Crippen LogP contribution in [0.15, 0.2) is 36.5 Å². The molecule has 0 radical (unpaired) electrons. The highest BCUT2D eigenvalue weighted by molar-refractivity contribution is 6.44. The number of carbonyl (C=O) groups excluding carboxylic acids is 2. The molecule has 11 heteroatoms. The van der Waals surface area contributed by atoms with Crippen LogP contribution in [0.5, 0.6) is 5.75 Å². The highest BCUT2D eigenvalue weighted by atomic mass is 19.4. The van der Waals surface area contributed by atoms with Gasteiger partial charge in [0.25, 0.3) is 0 Å². The zero-order valence-corrected chi connectivity index (χ0v) is 14.6. The number of carbonyl (C=O) groups is 2. The van der Waals surface area contributed by atoms with Crippen LogP contribution in [0, 0.1) is 18.6 Å². The third kappa shape index (κ3) is 4.62. The predicted octanol–water partition coefficient (Wildman–Crippen LogP) is 4.23. The van der Waals surface area contributed by atoms with Gasteiger partial charge in [0.15, 0.2) is 11.6 Å². The SMILES string of the molecule is Cc1cc(NC(=O)C(=O)Nc2c[nH]c3cc(F)c(F)cc23)ccc1OC(F)(F)F. The maximum Gasteiger partial charge on any atom is 0.573 e. The Morgan fingerprint density at radius 3 is 2.31 bits per heavy atom. The molecule has 3 rings (SSSR count). The number of aromatic nitrogens is 1. The van der Waals surface area contributed by atoms with Gasteiger partial charge in [-0.25, -0.2) is 8.78 Å². The van der Waals surface area contributed by atoms with Crippen molar-refractivity contribution < 1.29 is 36.3 Å². The molecule has 2 aromatic carbocycles. The molecule has 0 unspecified atom stereocenters. The smallest absolute Gasteiger partial charge is 0.406 e. The summed E-state index contributed by atoms with van der Waals surface area (Å²) in [4.78, 5) is 26.7. The summed E-state index contributed by atoms with van der Waals surface area (Å²) in [7, 11) is 0. The molecule has 0 saturated heterocycles. The fraction of sp³-hybridized carbons (Fsp3) is 0.111. The molecule has 6 nitrogen and oxygen atoms in total. The van der Waals surface area contributed by atoms with Crippen molar-refractivity contribution in [2.45, 2.75) is 13.3 Å². The molecule has 3 N–H and O–H groups in total. The van der Waals surface area contributed by atoms with Gasteiger partial charge in [-0.15, -0.1) is 13.2 Å². The van der Waals surface area contributed by atoms with Gasteiger partial charge in [-0.1, -0.05) is 0 Å². The van der Waals surface area contributed by atoms with Gasteiger partial charge >= 0.3 is 18.2 Å². The second kappa shape index (κ2) is 7.41. The van der Waals surface area contributed by atoms with Crippen LogP contribution in [0.25, 0.3) is 10.9 Å². The van der Waals surface area contributed by atoms with E-state index in [0.29, 0.717) is 0 Å². The lowest BCUT2D eigenvalue weighted by atomic mass is 10.2. The number of H-pyrrole nitrogens is 1. The minimum atomic E-state index is -4.86. The van der Waals surface area contributed by atoms with Gasteiger partial charge < -0.3 is 20.4 Å². The molecule has 0 aliphatic heterocycles. The number of nitrogens with one attached hydrogen (secondary N) is 3. The van der Waals surface area contributed by atoms with Gasteiger partial charge in [-0.3, -0.25) is 9.59 Å². The van der Waals surface area contributed by atoms with Gasteiger partial charge in [-0.2, -0.15) is 0 Å². The van der Waals surface area contributed by atoms with Gasteiger partial charge in [0.1, 0.15) is 5.75 Å². The Morgan fingerprint density at radius 1 is 1.00 bits per heavy atom. The van der Waals surface area contributed by atoms with Gasteiger partial charge in [-0.05, 0) is 36.8 Å². The average Bonchev–Trinajstić information content (AvgIpc) is 2.98. The Morgan fingerprint density at radius 2 is 1.66 bits per heavy atom. The number of anilines is 2. The molecule has 29 heavy (non-hydrogen) atoms. The van der Waals surface area contributed by atoms with Crippen molar-refractivity contribution in [3.63, 3.8) is 0 Å². The Bertz CT molecular complexity index is 1110. The van der Waals surface area contributed by atoms with Crippen molar-refractivity contribution >= 4 is 34.1 Å². The van der Waals surface area contributed by atoms with Crippen LogP contribution < -0.4 is 15.4 Å². The summed E-state index contributed by atoms with van der Waals surface area (Å²) in [6, 6.07) is 5.07. The summed E-state index contributed by atoms with van der Waals surface area (Å²) in [5.41, 5.74) is 0.388. The van der Waals surface area contributed by atoms with Gasteiger partial charge in [0, 0.05) is 23.3 Å². The number of aryl methyl sites for hydroxylation is 1. The van der Waals surface area contributed by atoms with E-state index in [0.717, 1.165) is 24.3 Å². The maximum absolute atomic E-state index is 13.4. The van der Waals surface area contributed by atoms with E-state index < -0.39 is 35.6 Å². The van der Waals surface area contributed by atoms with Crippen molar-refractivity contribution in [1.82, 2.24) is 4.98 Å². The molecule has 0 fully saturated rings. The zero-order valence-electron chi connectivity index (χ0n) is 14.6. The van der Waals surface area contributed by atoms with E-state index in [1.165, 1.54) is 19.2 Å². The van der Waals surface area contributed by atoms with E-state index in [-0.39, 0.29) is 27.8 Å². The molecular weight excluding hydrogens is 401 g/mol. The van der Waals surface area contributed by atoms with Crippen LogP contribution in [-0.4, -0.2) is 23.2 Å². The second-order valence-electron chi connectivity index (χ2n) is 5.95. The number of hydrogen-bond donors (Lipinski definition) is 3. The molecule has 1 heterocycles. The summed E-state index contributed by atoms with van der Waals surface area (Å²) in [5, 5.41) is 4.61. The second-order valence-corrected chi connectivity index (χ2v) is 5.95. The number of alkyl halides is 3. The lowest BCUT2D eigenvalue weighted by Crippen LogP contribution is -2.29. The number of ether oxygens (including phenoxy) is 1. The van der Waals surface area contributed by atoms with Crippen LogP contribution >= 0.6 is 0 Å². The largest absolute Gasteiger partial charge is 0.573 e. The lowest BCUT2D eigenvalue weighted by molar-refractivity contribution is -0.274. The van der Waals surface area contributed by atoms with E-state index >= 15 is 0 Å². The number of amides is 2. The fourth-order valence-corrected chi connectivity index (χ4v) is 2.55. The lowest BCUT2D eigenvalue weighted by Gasteiger charge is -2.12. The normalized spacial score (nSPS) is 11.4. The number of aromatic amines is 1. The third-order valence-corrected chi connectivity index (χ3v) is 3.84. The van der Waals surface area contributed by atoms with Crippen molar-refractivity contribution in [2.75, 3.05) is 10.6 Å². The Kier molecular flexibility index (Phi) is 5.14. The summed E-state index contributed by atoms with van der Waals surface area (Å²) >= 11 is 0. The van der Waals surface area contributed by atoms with Crippen molar-refractivity contribution in [2.24, 2.45) is 0 Å². The van der Waals surface area contributed by atoms with Crippen LogP contribution in [-0.2, 0) is 9.59 Å². The standard InChI is InChI=1S/C18H12F5N3O3/c1-8-4-9(2-3-15(8)29-18(21,22)23)25-16(27)17(28)26-14-7-24-13-6-12(20)11(19)5-10(13)14/h2-7,24H,1H3,(H,25,27)(H,26,28). The number of hydrogen-bond acceptors (Lipinski definition) is 3. The van der Waals surface area contributed by atoms with Crippen LogP contribution in [0.2, 0.25) is 0 Å². The van der Waals surface area contributed by atoms with Crippen LogP contribution in [0.4, 0.5) is 33.3 Å². The van der Waals surface area contributed by atoms with E-state index in [1.54, 1.807) is 0 Å². The predicted molar refractivity (Wildman–Crippen MR) is 93.3 cm³/mol. The summed E-state index contributed by atoms with van der Waals surface area (Å²) in [5.74, 6) is -4.90. The van der Waals surface area contributed by atoms with Crippen LogP contribution in [0.1, 0.15) is 5.56 Å². The Labute approximate surface area is 159 Å². The summed E-state index contributed by atoms with van der Waals surface area (Å²) in [6.07, 6.45) is -3.61. The zero-order chi connectivity index (χ0) is 21.3. The molecule has 2 amide bonds.